The molecular formula is C19H19N3O4. The minimum absolute atomic E-state index is 0.115. The second kappa shape index (κ2) is 6.87. The molecule has 7 heteroatoms. The molecule has 2 N–H and O–H groups in total. The van der Waals surface area contributed by atoms with Crippen molar-refractivity contribution in [2.75, 3.05) is 7.11 Å². The van der Waals surface area contributed by atoms with Crippen LogP contribution >= 0.6 is 0 Å². The number of ether oxygens (including phenoxy) is 1. The fourth-order valence-electron chi connectivity index (χ4n) is 2.96. The highest BCUT2D eigenvalue weighted by Crippen LogP contribution is 2.33. The van der Waals surface area contributed by atoms with Crippen LogP contribution in [0.2, 0.25) is 0 Å². The molecule has 0 unspecified atom stereocenters. The van der Waals surface area contributed by atoms with Crippen LogP contribution < -0.4 is 10.1 Å². The largest absolute Gasteiger partial charge is 0.504 e. The molecule has 1 fully saturated rings. The highest BCUT2D eigenvalue weighted by molar-refractivity contribution is 6.07. The van der Waals surface area contributed by atoms with Gasteiger partial charge in [0, 0.05) is 5.56 Å². The minimum atomic E-state index is -1.15. The number of hydrogen-bond donors (Lipinski definition) is 2. The maximum absolute atomic E-state index is 12.9. The molecule has 2 aromatic carbocycles. The van der Waals surface area contributed by atoms with Crippen molar-refractivity contribution in [3.8, 4) is 11.5 Å². The van der Waals surface area contributed by atoms with E-state index in [1.165, 1.54) is 13.3 Å². The number of amides is 3. The molecule has 0 radical (unpaired) electrons. The van der Waals surface area contributed by atoms with Gasteiger partial charge in [0.15, 0.2) is 11.5 Å². The zero-order chi connectivity index (χ0) is 18.7. The molecule has 0 spiro atoms. The summed E-state index contributed by atoms with van der Waals surface area (Å²) in [6.45, 7) is 1.83. The van der Waals surface area contributed by atoms with Crippen molar-refractivity contribution in [2.45, 2.75) is 18.9 Å². The van der Waals surface area contributed by atoms with E-state index in [4.69, 9.17) is 4.74 Å². The molecule has 3 rings (SSSR count). The van der Waals surface area contributed by atoms with Crippen molar-refractivity contribution in [2.24, 2.45) is 5.10 Å². The first-order chi connectivity index (χ1) is 12.5. The van der Waals surface area contributed by atoms with E-state index in [0.717, 1.165) is 5.01 Å². The van der Waals surface area contributed by atoms with Crippen molar-refractivity contribution >= 4 is 18.2 Å². The van der Waals surface area contributed by atoms with Crippen LogP contribution in [0.5, 0.6) is 11.5 Å². The number of rotatable bonds is 5. The van der Waals surface area contributed by atoms with Gasteiger partial charge in [0.25, 0.3) is 5.91 Å². The van der Waals surface area contributed by atoms with E-state index in [-0.39, 0.29) is 11.5 Å². The van der Waals surface area contributed by atoms with E-state index in [0.29, 0.717) is 17.5 Å². The second-order valence-corrected chi connectivity index (χ2v) is 5.81. The van der Waals surface area contributed by atoms with Gasteiger partial charge in [-0.05, 0) is 24.1 Å². The first-order valence-electron chi connectivity index (χ1n) is 8.15. The van der Waals surface area contributed by atoms with Gasteiger partial charge >= 0.3 is 6.03 Å². The number of urea groups is 1. The van der Waals surface area contributed by atoms with E-state index in [1.54, 1.807) is 30.3 Å². The highest BCUT2D eigenvalue weighted by Gasteiger charge is 2.51. The van der Waals surface area contributed by atoms with Crippen LogP contribution in [0.15, 0.2) is 53.6 Å². The van der Waals surface area contributed by atoms with E-state index in [9.17, 15) is 14.7 Å². The SMILES string of the molecule is CC[C@@]1(c2ccccc2)NC(=O)N(/N=C/c2cccc(OC)c2O)C1=O. The predicted octanol–water partition coefficient (Wildman–Crippen LogP) is 2.59. The number of benzene rings is 2. The molecule has 1 aliphatic rings. The number of nitrogens with zero attached hydrogens (tertiary/aromatic N) is 2. The molecule has 1 saturated heterocycles. The lowest BCUT2D eigenvalue weighted by molar-refractivity contribution is -0.131. The minimum Gasteiger partial charge on any atom is -0.504 e. The molecule has 1 heterocycles. The first kappa shape index (κ1) is 17.5. The summed E-state index contributed by atoms with van der Waals surface area (Å²) in [5, 5.41) is 17.6. The lowest BCUT2D eigenvalue weighted by atomic mass is 9.87. The molecule has 0 aliphatic carbocycles. The number of carbonyl (C=O) groups excluding carboxylic acids is 2. The van der Waals surface area contributed by atoms with Gasteiger partial charge in [-0.15, -0.1) is 5.01 Å². The third-order valence-electron chi connectivity index (χ3n) is 4.43. The Hall–Kier alpha value is -3.35. The Kier molecular flexibility index (Phi) is 4.62. The first-order valence-corrected chi connectivity index (χ1v) is 8.15. The van der Waals surface area contributed by atoms with Gasteiger partial charge in [-0.3, -0.25) is 4.79 Å². The van der Waals surface area contributed by atoms with Crippen LogP contribution in [0.1, 0.15) is 24.5 Å². The Bertz CT molecular complexity index is 866. The summed E-state index contributed by atoms with van der Waals surface area (Å²) in [6.07, 6.45) is 1.64. The van der Waals surface area contributed by atoms with Gasteiger partial charge in [-0.2, -0.15) is 5.10 Å². The number of phenolic OH excluding ortho intramolecular Hbond substituents is 1. The maximum Gasteiger partial charge on any atom is 0.346 e. The fraction of sp³-hybridized carbons (Fsp3) is 0.211. The molecule has 1 atom stereocenters. The summed E-state index contributed by atoms with van der Waals surface area (Å²) in [4.78, 5) is 25.3. The Balaban J connectivity index is 1.93. The van der Waals surface area contributed by atoms with Gasteiger partial charge in [0.2, 0.25) is 0 Å². The number of imide groups is 1. The number of nitrogens with one attached hydrogen (secondary N) is 1. The Morgan fingerprint density at radius 3 is 2.58 bits per heavy atom. The van der Waals surface area contributed by atoms with E-state index in [1.807, 2.05) is 25.1 Å². The molecule has 0 bridgehead atoms. The number of aromatic hydroxyl groups is 1. The third-order valence-corrected chi connectivity index (χ3v) is 4.43. The molecule has 2 aromatic rings. The topological polar surface area (TPSA) is 91.2 Å². The average Bonchev–Trinajstić information content (AvgIpc) is 2.92. The molecule has 0 saturated carbocycles. The average molecular weight is 353 g/mol. The number of carbonyl (C=O) groups is 2. The Labute approximate surface area is 150 Å². The third kappa shape index (κ3) is 2.77. The summed E-state index contributed by atoms with van der Waals surface area (Å²) in [7, 11) is 1.43. The zero-order valence-electron chi connectivity index (χ0n) is 14.5. The monoisotopic (exact) mass is 353 g/mol. The molecule has 7 nitrogen and oxygen atoms in total. The summed E-state index contributed by atoms with van der Waals surface area (Å²) < 4.78 is 5.04. The van der Waals surface area contributed by atoms with Crippen molar-refractivity contribution in [1.82, 2.24) is 10.3 Å². The maximum atomic E-state index is 12.9. The summed E-state index contributed by atoms with van der Waals surface area (Å²) in [5.74, 6) is -0.302. The van der Waals surface area contributed by atoms with Crippen LogP contribution in [-0.4, -0.2) is 35.4 Å². The molecule has 1 aliphatic heterocycles. The highest BCUT2D eigenvalue weighted by atomic mass is 16.5. The quantitative estimate of drug-likeness (QED) is 0.638. The van der Waals surface area contributed by atoms with E-state index >= 15 is 0 Å². The van der Waals surface area contributed by atoms with Crippen molar-refractivity contribution in [1.29, 1.82) is 0 Å². The van der Waals surface area contributed by atoms with Crippen LogP contribution in [0.4, 0.5) is 4.79 Å². The number of para-hydroxylation sites is 1. The van der Waals surface area contributed by atoms with E-state index < -0.39 is 17.5 Å². The molecule has 26 heavy (non-hydrogen) atoms. The standard InChI is InChI=1S/C19H19N3O4/c1-3-19(14-9-5-4-6-10-14)17(24)22(18(25)21-19)20-12-13-8-7-11-15(26-2)16(13)23/h4-12,23H,3H2,1-2H3,(H,21,25)/b20-12+/t19-/m0/s1. The summed E-state index contributed by atoms with van der Waals surface area (Å²) in [5.41, 5.74) is -0.118. The second-order valence-electron chi connectivity index (χ2n) is 5.81. The predicted molar refractivity (Wildman–Crippen MR) is 96.0 cm³/mol. The molecule has 0 aromatic heterocycles. The number of methoxy groups -OCH3 is 1. The number of hydrazone groups is 1. The lowest BCUT2D eigenvalue weighted by Crippen LogP contribution is -2.43. The van der Waals surface area contributed by atoms with E-state index in [2.05, 4.69) is 10.4 Å². The van der Waals surface area contributed by atoms with Crippen LogP contribution in [0, 0.1) is 0 Å². The smallest absolute Gasteiger partial charge is 0.346 e. The lowest BCUT2D eigenvalue weighted by Gasteiger charge is -2.24. The van der Waals surface area contributed by atoms with Crippen LogP contribution in [0.3, 0.4) is 0 Å². The van der Waals surface area contributed by atoms with Gasteiger partial charge in [-0.25, -0.2) is 4.79 Å². The normalized spacial score (nSPS) is 19.8. The van der Waals surface area contributed by atoms with Crippen LogP contribution in [0.25, 0.3) is 0 Å². The number of phenols is 1. The van der Waals surface area contributed by atoms with Gasteiger partial charge in [0.1, 0.15) is 5.54 Å². The van der Waals surface area contributed by atoms with Crippen molar-refractivity contribution in [3.05, 3.63) is 59.7 Å². The molecular weight excluding hydrogens is 334 g/mol. The number of hydrogen-bond acceptors (Lipinski definition) is 5. The molecule has 134 valence electrons. The van der Waals surface area contributed by atoms with Crippen molar-refractivity contribution in [3.63, 3.8) is 0 Å². The Morgan fingerprint density at radius 2 is 1.92 bits per heavy atom. The fourth-order valence-corrected chi connectivity index (χ4v) is 2.96. The van der Waals surface area contributed by atoms with Gasteiger partial charge in [0.05, 0.1) is 13.3 Å². The van der Waals surface area contributed by atoms with Gasteiger partial charge < -0.3 is 15.2 Å². The van der Waals surface area contributed by atoms with Gasteiger partial charge in [-0.1, -0.05) is 43.3 Å². The van der Waals surface area contributed by atoms with Crippen LogP contribution in [-0.2, 0) is 10.3 Å². The molecule has 3 amide bonds. The summed E-state index contributed by atoms with van der Waals surface area (Å²) >= 11 is 0. The summed E-state index contributed by atoms with van der Waals surface area (Å²) in [6, 6.07) is 13.3. The zero-order valence-corrected chi connectivity index (χ0v) is 14.5. The Morgan fingerprint density at radius 1 is 1.19 bits per heavy atom. The van der Waals surface area contributed by atoms with Crippen molar-refractivity contribution < 1.29 is 19.4 Å².